The predicted molar refractivity (Wildman–Crippen MR) is 100 cm³/mol. The third kappa shape index (κ3) is 4.13. The zero-order valence-corrected chi connectivity index (χ0v) is 16.0. The summed E-state index contributed by atoms with van der Waals surface area (Å²) >= 11 is 4.63. The van der Waals surface area contributed by atoms with Gasteiger partial charge < -0.3 is 10.2 Å². The molecule has 8 heteroatoms. The van der Waals surface area contributed by atoms with Gasteiger partial charge in [0.25, 0.3) is 0 Å². The number of rotatable bonds is 7. The Morgan fingerprint density at radius 1 is 1.28 bits per heavy atom. The van der Waals surface area contributed by atoms with Gasteiger partial charge in [-0.3, -0.25) is 9.36 Å². The number of primary amides is 1. The van der Waals surface area contributed by atoms with E-state index in [0.717, 1.165) is 5.56 Å². The topological polar surface area (TPSA) is 86.9 Å². The highest BCUT2D eigenvalue weighted by atomic mass is 79.9. The Morgan fingerprint density at radius 2 is 2.04 bits per heavy atom. The Labute approximate surface area is 157 Å². The fourth-order valence-corrected chi connectivity index (χ4v) is 3.58. The minimum Gasteiger partial charge on any atom is -0.446 e. The lowest BCUT2D eigenvalue weighted by Gasteiger charge is -2.12. The molecule has 1 amide bonds. The number of thioether (sulfide) groups is 1. The van der Waals surface area contributed by atoms with Crippen LogP contribution in [0.3, 0.4) is 0 Å². The molecule has 2 N–H and O–H groups in total. The van der Waals surface area contributed by atoms with Crippen molar-refractivity contribution >= 4 is 33.6 Å². The molecular weight excluding hydrogens is 404 g/mol. The number of nitrogens with two attached hydrogens (primary N) is 1. The molecule has 3 aromatic rings. The predicted octanol–water partition coefficient (Wildman–Crippen LogP) is 3.70. The van der Waals surface area contributed by atoms with E-state index in [1.165, 1.54) is 11.8 Å². The van der Waals surface area contributed by atoms with Gasteiger partial charge in [0.15, 0.2) is 15.6 Å². The molecule has 2 aromatic heterocycles. The van der Waals surface area contributed by atoms with Crippen LogP contribution in [-0.2, 0) is 11.3 Å². The van der Waals surface area contributed by atoms with Crippen LogP contribution in [0.15, 0.2) is 56.7 Å². The summed E-state index contributed by atoms with van der Waals surface area (Å²) in [6.45, 7) is 2.49. The summed E-state index contributed by atoms with van der Waals surface area (Å²) in [5.74, 6) is 0.856. The number of carbonyl (C=O) groups is 1. The lowest BCUT2D eigenvalue weighted by molar-refractivity contribution is -0.117. The molecule has 0 radical (unpaired) electrons. The van der Waals surface area contributed by atoms with E-state index in [9.17, 15) is 4.79 Å². The van der Waals surface area contributed by atoms with Crippen molar-refractivity contribution in [1.82, 2.24) is 14.8 Å². The summed E-state index contributed by atoms with van der Waals surface area (Å²) in [6, 6.07) is 13.6. The van der Waals surface area contributed by atoms with Crippen LogP contribution >= 0.6 is 27.7 Å². The Kier molecular flexibility index (Phi) is 5.60. The smallest absolute Gasteiger partial charge is 0.231 e. The molecule has 0 spiro atoms. The van der Waals surface area contributed by atoms with Gasteiger partial charge in [-0.25, -0.2) is 0 Å². The average Bonchev–Trinajstić information content (AvgIpc) is 3.19. The molecule has 6 nitrogen and oxygen atoms in total. The van der Waals surface area contributed by atoms with Crippen LogP contribution in [-0.4, -0.2) is 25.9 Å². The van der Waals surface area contributed by atoms with E-state index in [-0.39, 0.29) is 11.2 Å². The first-order valence-corrected chi connectivity index (χ1v) is 9.44. The zero-order chi connectivity index (χ0) is 17.8. The second-order valence-electron chi connectivity index (χ2n) is 5.40. The Bertz CT molecular complexity index is 863. The average molecular weight is 421 g/mol. The minimum absolute atomic E-state index is 0.352. The second kappa shape index (κ2) is 7.88. The van der Waals surface area contributed by atoms with Crippen molar-refractivity contribution in [2.24, 2.45) is 5.73 Å². The fourth-order valence-electron chi connectivity index (χ4n) is 2.37. The van der Waals surface area contributed by atoms with Crippen molar-refractivity contribution in [3.05, 3.63) is 52.7 Å². The number of halogens is 1. The van der Waals surface area contributed by atoms with E-state index in [0.29, 0.717) is 34.4 Å². The van der Waals surface area contributed by atoms with E-state index < -0.39 is 0 Å². The molecule has 1 aromatic carbocycles. The first-order valence-electron chi connectivity index (χ1n) is 7.77. The van der Waals surface area contributed by atoms with Crippen LogP contribution in [0.25, 0.3) is 11.6 Å². The summed E-state index contributed by atoms with van der Waals surface area (Å²) in [5.41, 5.74) is 6.58. The van der Waals surface area contributed by atoms with Gasteiger partial charge in [0.05, 0.1) is 11.8 Å². The minimum atomic E-state index is -0.357. The number of carbonyl (C=O) groups excluding carboxylic acids is 1. The monoisotopic (exact) mass is 420 g/mol. The van der Waals surface area contributed by atoms with E-state index in [2.05, 4.69) is 26.1 Å². The maximum absolute atomic E-state index is 11.6. The van der Waals surface area contributed by atoms with Gasteiger partial charge in [0.1, 0.15) is 0 Å². The number of amides is 1. The number of furan rings is 1. The second-order valence-corrected chi connectivity index (χ2v) is 7.35. The van der Waals surface area contributed by atoms with Crippen molar-refractivity contribution in [1.29, 1.82) is 0 Å². The van der Waals surface area contributed by atoms with Gasteiger partial charge in [-0.05, 0) is 40.0 Å². The highest BCUT2D eigenvalue weighted by molar-refractivity contribution is 9.10. The van der Waals surface area contributed by atoms with Crippen molar-refractivity contribution < 1.29 is 9.21 Å². The standard InChI is InChI=1S/C17H17BrN4O2S/c1-2-13(15(19)23)25-17-21-20-16(12-8-9-14(18)24-12)22(17)10-11-6-4-3-5-7-11/h3-9,13H,2,10H2,1H3,(H2,19,23). The van der Waals surface area contributed by atoms with Gasteiger partial charge in [-0.15, -0.1) is 10.2 Å². The Hall–Kier alpha value is -2.06. The van der Waals surface area contributed by atoms with Gasteiger partial charge in [-0.2, -0.15) is 0 Å². The molecule has 2 heterocycles. The molecule has 3 rings (SSSR count). The van der Waals surface area contributed by atoms with Gasteiger partial charge in [0, 0.05) is 0 Å². The number of aromatic nitrogens is 3. The van der Waals surface area contributed by atoms with E-state index in [1.54, 1.807) is 0 Å². The van der Waals surface area contributed by atoms with E-state index in [4.69, 9.17) is 10.2 Å². The van der Waals surface area contributed by atoms with Crippen LogP contribution in [0.4, 0.5) is 0 Å². The van der Waals surface area contributed by atoms with Gasteiger partial charge in [0.2, 0.25) is 11.7 Å². The number of benzene rings is 1. The fraction of sp³-hybridized carbons (Fsp3) is 0.235. The lowest BCUT2D eigenvalue weighted by atomic mass is 10.2. The molecule has 1 atom stereocenters. The van der Waals surface area contributed by atoms with Crippen molar-refractivity contribution in [2.75, 3.05) is 0 Å². The number of hydrogen-bond acceptors (Lipinski definition) is 5. The molecule has 1 unspecified atom stereocenters. The zero-order valence-electron chi connectivity index (χ0n) is 13.6. The molecule has 0 aliphatic rings. The van der Waals surface area contributed by atoms with Crippen molar-refractivity contribution in [3.8, 4) is 11.6 Å². The summed E-state index contributed by atoms with van der Waals surface area (Å²) in [4.78, 5) is 11.6. The third-order valence-electron chi connectivity index (χ3n) is 3.63. The summed E-state index contributed by atoms with van der Waals surface area (Å²) in [5, 5.41) is 8.81. The molecule has 0 saturated carbocycles. The molecule has 0 aliphatic heterocycles. The highest BCUT2D eigenvalue weighted by Gasteiger charge is 2.22. The van der Waals surface area contributed by atoms with Gasteiger partial charge in [-0.1, -0.05) is 49.0 Å². The van der Waals surface area contributed by atoms with Crippen LogP contribution in [0.5, 0.6) is 0 Å². The molecule has 130 valence electrons. The van der Waals surface area contributed by atoms with Gasteiger partial charge >= 0.3 is 0 Å². The number of nitrogens with zero attached hydrogens (tertiary/aromatic N) is 3. The third-order valence-corrected chi connectivity index (χ3v) is 5.42. The van der Waals surface area contributed by atoms with Crippen LogP contribution in [0, 0.1) is 0 Å². The van der Waals surface area contributed by atoms with E-state index >= 15 is 0 Å². The number of hydrogen-bond donors (Lipinski definition) is 1. The summed E-state index contributed by atoms with van der Waals surface area (Å²) < 4.78 is 8.19. The molecular formula is C17H17BrN4O2S. The molecule has 25 heavy (non-hydrogen) atoms. The van der Waals surface area contributed by atoms with Crippen molar-refractivity contribution in [2.45, 2.75) is 30.3 Å². The van der Waals surface area contributed by atoms with Crippen LogP contribution in [0.1, 0.15) is 18.9 Å². The van der Waals surface area contributed by atoms with Crippen LogP contribution in [0.2, 0.25) is 0 Å². The first-order chi connectivity index (χ1) is 12.1. The lowest BCUT2D eigenvalue weighted by Crippen LogP contribution is -2.25. The molecule has 0 fully saturated rings. The largest absolute Gasteiger partial charge is 0.446 e. The SMILES string of the molecule is CCC(Sc1nnc(-c2ccc(Br)o2)n1Cc1ccccc1)C(N)=O. The van der Waals surface area contributed by atoms with Crippen molar-refractivity contribution in [3.63, 3.8) is 0 Å². The highest BCUT2D eigenvalue weighted by Crippen LogP contribution is 2.30. The molecule has 0 saturated heterocycles. The summed E-state index contributed by atoms with van der Waals surface area (Å²) in [7, 11) is 0. The quantitative estimate of drug-likeness (QED) is 0.588. The van der Waals surface area contributed by atoms with E-state index in [1.807, 2.05) is 54.0 Å². The molecule has 0 aliphatic carbocycles. The Morgan fingerprint density at radius 3 is 2.64 bits per heavy atom. The summed E-state index contributed by atoms with van der Waals surface area (Å²) in [6.07, 6.45) is 0.625. The Balaban J connectivity index is 2.00. The normalized spacial score (nSPS) is 12.2. The first kappa shape index (κ1) is 17.8. The maximum Gasteiger partial charge on any atom is 0.231 e. The van der Waals surface area contributed by atoms with Crippen LogP contribution < -0.4 is 5.73 Å². The molecule has 0 bridgehead atoms. The maximum atomic E-state index is 11.6.